The average molecular weight is 298 g/mol. The number of ether oxygens (including phenoxy) is 1. The Hall–Kier alpha value is -1.02. The van der Waals surface area contributed by atoms with Crippen LogP contribution in [0.15, 0.2) is 22.7 Å². The summed E-state index contributed by atoms with van der Waals surface area (Å²) in [6.45, 7) is 2.90. The van der Waals surface area contributed by atoms with Gasteiger partial charge in [0.15, 0.2) is 0 Å². The summed E-state index contributed by atoms with van der Waals surface area (Å²) in [5.41, 5.74) is 1.01. The summed E-state index contributed by atoms with van der Waals surface area (Å²) >= 11 is 3.42. The molecule has 17 heavy (non-hydrogen) atoms. The van der Waals surface area contributed by atoms with Crippen LogP contribution in [0.25, 0.3) is 0 Å². The molecule has 0 bridgehead atoms. The number of halogens is 1. The first kappa shape index (κ1) is 14.0. The van der Waals surface area contributed by atoms with E-state index in [2.05, 4.69) is 27.2 Å². The number of benzene rings is 1. The van der Waals surface area contributed by atoms with Gasteiger partial charge in [-0.1, -0.05) is 21.9 Å². The monoisotopic (exact) mass is 297 g/mol. The fraction of sp³-hybridized carbons (Fsp3) is 0.385. The van der Waals surface area contributed by atoms with Crippen LogP contribution < -0.4 is 10.1 Å². The minimum atomic E-state index is 0.0504. The lowest BCUT2D eigenvalue weighted by atomic mass is 10.2. The van der Waals surface area contributed by atoms with Crippen molar-refractivity contribution in [3.63, 3.8) is 0 Å². The number of hydrogen-bond acceptors (Lipinski definition) is 3. The summed E-state index contributed by atoms with van der Waals surface area (Å²) < 4.78 is 6.43. The van der Waals surface area contributed by atoms with E-state index in [1.165, 1.54) is 0 Å². The Morgan fingerprint density at radius 2 is 2.35 bits per heavy atom. The predicted octanol–water partition coefficient (Wildman–Crippen LogP) is 1.93. The van der Waals surface area contributed by atoms with Gasteiger partial charge in [-0.25, -0.2) is 0 Å². The predicted molar refractivity (Wildman–Crippen MR) is 71.9 cm³/mol. The van der Waals surface area contributed by atoms with Gasteiger partial charge < -0.3 is 15.2 Å². The van der Waals surface area contributed by atoms with Crippen LogP contribution in [-0.2, 0) is 6.54 Å². The van der Waals surface area contributed by atoms with Gasteiger partial charge in [0.2, 0.25) is 0 Å². The molecule has 0 aromatic heterocycles. The van der Waals surface area contributed by atoms with Gasteiger partial charge in [-0.05, 0) is 25.1 Å². The van der Waals surface area contributed by atoms with Crippen LogP contribution in [0.4, 0.5) is 0 Å². The molecule has 2 N–H and O–H groups in total. The molecule has 0 unspecified atom stereocenters. The highest BCUT2D eigenvalue weighted by Gasteiger charge is 2.06. The van der Waals surface area contributed by atoms with Gasteiger partial charge in [0.05, 0.1) is 6.61 Å². The van der Waals surface area contributed by atoms with Crippen molar-refractivity contribution in [3.8, 4) is 18.1 Å². The number of rotatable bonds is 6. The summed E-state index contributed by atoms with van der Waals surface area (Å²) in [5, 5.41) is 12.1. The van der Waals surface area contributed by atoms with Crippen LogP contribution >= 0.6 is 15.9 Å². The van der Waals surface area contributed by atoms with Gasteiger partial charge in [-0.3, -0.25) is 0 Å². The zero-order valence-corrected chi connectivity index (χ0v) is 11.3. The third-order valence-corrected chi connectivity index (χ3v) is 2.74. The van der Waals surface area contributed by atoms with Crippen molar-refractivity contribution in [2.45, 2.75) is 19.5 Å². The largest absolute Gasteiger partial charge is 0.481 e. The second-order valence-electron chi connectivity index (χ2n) is 3.71. The molecule has 0 heterocycles. The highest BCUT2D eigenvalue weighted by molar-refractivity contribution is 9.10. The standard InChI is InChI=1S/C13H16BrNO2/c1-3-6-17-13-5-4-12(14)7-11(13)8-15-10(2)9-16/h1,4-5,7,10,15-16H,6,8-9H2,2H3/t10-/m1/s1. The molecule has 0 aliphatic carbocycles. The smallest absolute Gasteiger partial charge is 0.148 e. The highest BCUT2D eigenvalue weighted by Crippen LogP contribution is 2.23. The summed E-state index contributed by atoms with van der Waals surface area (Å²) in [7, 11) is 0. The van der Waals surface area contributed by atoms with Gasteiger partial charge in [0.1, 0.15) is 12.4 Å². The van der Waals surface area contributed by atoms with Crippen LogP contribution in [-0.4, -0.2) is 24.4 Å². The molecular weight excluding hydrogens is 282 g/mol. The van der Waals surface area contributed by atoms with Crippen LogP contribution in [0, 0.1) is 12.3 Å². The molecule has 1 aromatic rings. The number of nitrogens with one attached hydrogen (secondary N) is 1. The summed E-state index contributed by atoms with van der Waals surface area (Å²) in [6.07, 6.45) is 5.17. The zero-order valence-electron chi connectivity index (χ0n) is 9.74. The molecule has 4 heteroatoms. The molecule has 3 nitrogen and oxygen atoms in total. The van der Waals surface area contributed by atoms with Gasteiger partial charge in [0.25, 0.3) is 0 Å². The van der Waals surface area contributed by atoms with E-state index >= 15 is 0 Å². The second-order valence-corrected chi connectivity index (χ2v) is 4.63. The van der Waals surface area contributed by atoms with Gasteiger partial charge in [-0.2, -0.15) is 0 Å². The van der Waals surface area contributed by atoms with Crippen molar-refractivity contribution in [2.24, 2.45) is 0 Å². The minimum Gasteiger partial charge on any atom is -0.481 e. The molecule has 1 aromatic carbocycles. The maximum Gasteiger partial charge on any atom is 0.148 e. The molecule has 0 spiro atoms. The summed E-state index contributed by atoms with van der Waals surface area (Å²) in [6, 6.07) is 5.81. The van der Waals surface area contributed by atoms with Crippen molar-refractivity contribution >= 4 is 15.9 Å². The Morgan fingerprint density at radius 3 is 3.00 bits per heavy atom. The first-order valence-corrected chi connectivity index (χ1v) is 6.15. The number of hydrogen-bond donors (Lipinski definition) is 2. The minimum absolute atomic E-state index is 0.0504. The lowest BCUT2D eigenvalue weighted by molar-refractivity contribution is 0.250. The van der Waals surface area contributed by atoms with Crippen LogP contribution in [0.5, 0.6) is 5.75 Å². The summed E-state index contributed by atoms with van der Waals surface area (Å²) in [4.78, 5) is 0. The topological polar surface area (TPSA) is 41.5 Å². The Kier molecular flexibility index (Phi) is 6.06. The van der Waals surface area contributed by atoms with Crippen molar-refractivity contribution < 1.29 is 9.84 Å². The Bertz CT molecular complexity index is 401. The van der Waals surface area contributed by atoms with Crippen LogP contribution in [0.3, 0.4) is 0 Å². The molecule has 1 atom stereocenters. The Balaban J connectivity index is 2.73. The zero-order chi connectivity index (χ0) is 12.7. The second kappa shape index (κ2) is 7.33. The fourth-order valence-corrected chi connectivity index (χ4v) is 1.70. The van der Waals surface area contributed by atoms with Crippen molar-refractivity contribution in [3.05, 3.63) is 28.2 Å². The number of aliphatic hydroxyl groups excluding tert-OH is 1. The van der Waals surface area contributed by atoms with Crippen molar-refractivity contribution in [1.82, 2.24) is 5.32 Å². The molecule has 0 saturated carbocycles. The molecule has 1 rings (SSSR count). The van der Waals surface area contributed by atoms with E-state index in [-0.39, 0.29) is 19.3 Å². The number of terminal acetylenes is 1. The molecule has 0 amide bonds. The van der Waals surface area contributed by atoms with E-state index in [0.717, 1.165) is 15.8 Å². The molecular formula is C13H16BrNO2. The first-order valence-electron chi connectivity index (χ1n) is 5.36. The Morgan fingerprint density at radius 1 is 1.59 bits per heavy atom. The van der Waals surface area contributed by atoms with E-state index in [9.17, 15) is 0 Å². The van der Waals surface area contributed by atoms with E-state index in [1.807, 2.05) is 25.1 Å². The average Bonchev–Trinajstić information content (AvgIpc) is 2.34. The lowest BCUT2D eigenvalue weighted by Crippen LogP contribution is -2.28. The quantitative estimate of drug-likeness (QED) is 0.789. The van der Waals surface area contributed by atoms with Crippen LogP contribution in [0.1, 0.15) is 12.5 Å². The normalized spacial score (nSPS) is 11.9. The SMILES string of the molecule is C#CCOc1ccc(Br)cc1CN[C@H](C)CO. The highest BCUT2D eigenvalue weighted by atomic mass is 79.9. The fourth-order valence-electron chi connectivity index (χ4n) is 1.30. The lowest BCUT2D eigenvalue weighted by Gasteiger charge is -2.14. The molecule has 0 saturated heterocycles. The molecule has 0 radical (unpaired) electrons. The van der Waals surface area contributed by atoms with Crippen molar-refractivity contribution in [1.29, 1.82) is 0 Å². The third kappa shape index (κ3) is 4.78. The Labute approximate surface area is 110 Å². The molecule has 92 valence electrons. The van der Waals surface area contributed by atoms with Gasteiger partial charge >= 0.3 is 0 Å². The molecule has 0 aliphatic rings. The molecule has 0 aliphatic heterocycles. The molecule has 0 fully saturated rings. The number of aliphatic hydroxyl groups is 1. The van der Waals surface area contributed by atoms with E-state index in [4.69, 9.17) is 16.3 Å². The maximum absolute atomic E-state index is 8.95. The summed E-state index contributed by atoms with van der Waals surface area (Å²) in [5.74, 6) is 3.21. The maximum atomic E-state index is 8.95. The van der Waals surface area contributed by atoms with E-state index < -0.39 is 0 Å². The van der Waals surface area contributed by atoms with Crippen molar-refractivity contribution in [2.75, 3.05) is 13.2 Å². The third-order valence-electron chi connectivity index (χ3n) is 2.25. The van der Waals surface area contributed by atoms with Crippen LogP contribution in [0.2, 0.25) is 0 Å². The van der Waals surface area contributed by atoms with E-state index in [1.54, 1.807) is 0 Å². The first-order chi connectivity index (χ1) is 8.17. The van der Waals surface area contributed by atoms with Gasteiger partial charge in [-0.15, -0.1) is 6.42 Å². The van der Waals surface area contributed by atoms with Gasteiger partial charge in [0, 0.05) is 22.6 Å². The van der Waals surface area contributed by atoms with E-state index in [0.29, 0.717) is 6.54 Å².